The Hall–Kier alpha value is -0.898. The number of hydrogen-bond acceptors (Lipinski definition) is 5. The Bertz CT molecular complexity index is 340. The number of nitrogens with zero attached hydrogens (tertiary/aromatic N) is 2. The second kappa shape index (κ2) is 5.75. The van der Waals surface area contributed by atoms with Gasteiger partial charge in [0.1, 0.15) is 0 Å². The third kappa shape index (κ3) is 9.19. The van der Waals surface area contributed by atoms with Crippen molar-refractivity contribution in [3.8, 4) is 0 Å². The van der Waals surface area contributed by atoms with Crippen LogP contribution in [-0.4, -0.2) is 33.9 Å². The van der Waals surface area contributed by atoms with Crippen molar-refractivity contribution in [2.75, 3.05) is 20.3 Å². The molecule has 0 amide bonds. The first-order valence-corrected chi connectivity index (χ1v) is 8.23. The third-order valence-electron chi connectivity index (χ3n) is 1.30. The summed E-state index contributed by atoms with van der Waals surface area (Å²) in [6, 6.07) is 0. The molecule has 0 radical (unpaired) electrons. The van der Waals surface area contributed by atoms with E-state index in [-0.39, 0.29) is 0 Å². The summed E-state index contributed by atoms with van der Waals surface area (Å²) in [7, 11) is 2.06. The first-order valence-electron chi connectivity index (χ1n) is 3.69. The summed E-state index contributed by atoms with van der Waals surface area (Å²) in [4.78, 5) is 4.32. The van der Waals surface area contributed by atoms with Crippen molar-refractivity contribution in [3.05, 3.63) is 25.1 Å². The Balaban J connectivity index is 0.000000292. The maximum atomic E-state index is 8.75. The molecule has 0 atom stereocenters. The summed E-state index contributed by atoms with van der Waals surface area (Å²) < 4.78 is 33.3. The van der Waals surface area contributed by atoms with Crippen LogP contribution in [0, 0.1) is 0 Å². The van der Waals surface area contributed by atoms with Crippen LogP contribution in [0.2, 0.25) is 0 Å². The number of rotatable bonds is 2. The average Bonchev–Trinajstić information content (AvgIpc) is 2.32. The van der Waals surface area contributed by atoms with Crippen molar-refractivity contribution in [3.63, 3.8) is 0 Å². The first kappa shape index (κ1) is 13.1. The summed E-state index contributed by atoms with van der Waals surface area (Å²) in [5.41, 5.74) is 0. The van der Waals surface area contributed by atoms with Gasteiger partial charge < -0.3 is 9.80 Å². The molecule has 0 fully saturated rings. The zero-order valence-electron chi connectivity index (χ0n) is 7.80. The van der Waals surface area contributed by atoms with Gasteiger partial charge in [-0.05, 0) is 0 Å². The van der Waals surface area contributed by atoms with Gasteiger partial charge in [-0.15, -0.1) is 6.58 Å². The van der Waals surface area contributed by atoms with Gasteiger partial charge in [-0.25, -0.2) is 0 Å². The predicted octanol–water partition coefficient (Wildman–Crippen LogP) is -0.0674. The normalized spacial score (nSPS) is 15.0. The molecule has 1 heterocycles. The van der Waals surface area contributed by atoms with E-state index >= 15 is 0 Å². The van der Waals surface area contributed by atoms with E-state index in [2.05, 4.69) is 35.8 Å². The topological polar surface area (TPSA) is 77.9 Å². The molecular weight excluding hydrogens is 362 g/mol. The fourth-order valence-electron chi connectivity index (χ4n) is 0.873. The zero-order chi connectivity index (χ0) is 11.2. The van der Waals surface area contributed by atoms with Gasteiger partial charge in [-0.1, -0.05) is 6.08 Å². The summed E-state index contributed by atoms with van der Waals surface area (Å²) >= 11 is -5.86. The van der Waals surface area contributed by atoms with Crippen molar-refractivity contribution >= 4 is 0 Å². The van der Waals surface area contributed by atoms with Gasteiger partial charge in [-0.2, -0.15) is 0 Å². The fourth-order valence-corrected chi connectivity index (χ4v) is 0.873. The van der Waals surface area contributed by atoms with E-state index < -0.39 is 15.8 Å². The van der Waals surface area contributed by atoms with E-state index in [1.165, 1.54) is 0 Å². The second-order valence-electron chi connectivity index (χ2n) is 2.65. The second-order valence-corrected chi connectivity index (χ2v) is 5.50. The molecule has 1 aliphatic rings. The summed E-state index contributed by atoms with van der Waals surface area (Å²) in [5.74, 6) is 0. The van der Waals surface area contributed by atoms with Gasteiger partial charge in [-0.3, -0.25) is 0 Å². The molecule has 1 rings (SSSR count). The molecule has 7 heteroatoms. The monoisotopic (exact) mass is 376 g/mol. The van der Waals surface area contributed by atoms with Crippen LogP contribution in [0.4, 0.5) is 0 Å². The number of hydrogen-bond donors (Lipinski definition) is 1. The van der Waals surface area contributed by atoms with E-state index in [4.69, 9.17) is 14.2 Å². The molecular formula is C7H13N2O4Re. The Morgan fingerprint density at radius 3 is 2.29 bits per heavy atom. The Morgan fingerprint density at radius 2 is 2.00 bits per heavy atom. The van der Waals surface area contributed by atoms with Crippen LogP contribution in [-0.2, 0) is 26.2 Å². The molecule has 0 saturated heterocycles. The summed E-state index contributed by atoms with van der Waals surface area (Å²) in [6.45, 7) is 5.59. The van der Waals surface area contributed by atoms with Crippen LogP contribution in [0.15, 0.2) is 25.1 Å². The van der Waals surface area contributed by atoms with Gasteiger partial charge in [0.15, 0.2) is 0 Å². The van der Waals surface area contributed by atoms with Gasteiger partial charge in [0.25, 0.3) is 0 Å². The molecule has 14 heavy (non-hydrogen) atoms. The average molecular weight is 375 g/mol. The Morgan fingerprint density at radius 1 is 1.50 bits per heavy atom. The zero-order valence-corrected chi connectivity index (χ0v) is 10.5. The SMILES string of the molecule is C=CCN1C=CN(C)C1.[O]=[Re](=[O])(=[O])[OH]. The van der Waals surface area contributed by atoms with Crippen molar-refractivity contribution in [1.82, 2.24) is 9.80 Å². The molecule has 1 aliphatic heterocycles. The van der Waals surface area contributed by atoms with Crippen LogP contribution in [0.5, 0.6) is 0 Å². The molecule has 82 valence electrons. The van der Waals surface area contributed by atoms with Crippen LogP contribution < -0.4 is 0 Å². The Kier molecular flexibility index (Phi) is 5.38. The first-order chi connectivity index (χ1) is 6.33. The van der Waals surface area contributed by atoms with Gasteiger partial charge in [0.2, 0.25) is 0 Å². The minimum absolute atomic E-state index is 0.945. The molecule has 0 aliphatic carbocycles. The van der Waals surface area contributed by atoms with Crippen LogP contribution in [0.1, 0.15) is 0 Å². The van der Waals surface area contributed by atoms with Gasteiger partial charge in [0, 0.05) is 26.0 Å². The van der Waals surface area contributed by atoms with Crippen LogP contribution >= 0.6 is 0 Å². The Labute approximate surface area is 85.5 Å². The molecule has 1 N–H and O–H groups in total. The quantitative estimate of drug-likeness (QED) is 0.681. The summed E-state index contributed by atoms with van der Waals surface area (Å²) in [6.07, 6.45) is 6.04. The van der Waals surface area contributed by atoms with E-state index in [0.29, 0.717) is 0 Å². The van der Waals surface area contributed by atoms with E-state index in [9.17, 15) is 0 Å². The summed E-state index contributed by atoms with van der Waals surface area (Å²) in [5, 5.41) is 0. The predicted molar refractivity (Wildman–Crippen MR) is 43.0 cm³/mol. The molecule has 0 aromatic rings. The standard InChI is InChI=1S/C7H12N2.H2O.3O.Re/c1-3-4-9-6-5-8(2)7-9;;;;;/h3,5-6H,1,4,7H2,2H3;1H2;;;;/q;;;;;+1/p-1. The van der Waals surface area contributed by atoms with Crippen LogP contribution in [0.25, 0.3) is 0 Å². The van der Waals surface area contributed by atoms with E-state index in [0.717, 1.165) is 13.2 Å². The van der Waals surface area contributed by atoms with Crippen LogP contribution in [0.3, 0.4) is 0 Å². The molecule has 0 aromatic carbocycles. The minimum atomic E-state index is -5.86. The molecule has 6 nitrogen and oxygen atoms in total. The third-order valence-corrected chi connectivity index (χ3v) is 1.30. The van der Waals surface area contributed by atoms with Gasteiger partial charge >= 0.3 is 30.0 Å². The maximum absolute atomic E-state index is 8.75. The van der Waals surface area contributed by atoms with Crippen molar-refractivity contribution in [2.45, 2.75) is 0 Å². The molecule has 0 unspecified atom stereocenters. The molecule has 0 spiro atoms. The van der Waals surface area contributed by atoms with E-state index in [1.807, 2.05) is 6.08 Å². The van der Waals surface area contributed by atoms with Crippen molar-refractivity contribution in [2.24, 2.45) is 0 Å². The van der Waals surface area contributed by atoms with E-state index in [1.54, 1.807) is 0 Å². The van der Waals surface area contributed by atoms with Gasteiger partial charge in [0.05, 0.1) is 6.67 Å². The van der Waals surface area contributed by atoms with Crippen molar-refractivity contribution in [1.29, 1.82) is 0 Å². The molecule has 0 saturated carbocycles. The molecule has 0 aromatic heterocycles. The van der Waals surface area contributed by atoms with Crippen molar-refractivity contribution < 1.29 is 30.0 Å². The fraction of sp³-hybridized carbons (Fsp3) is 0.429. The molecule has 0 bridgehead atoms.